The fourth-order valence-corrected chi connectivity index (χ4v) is 6.26. The minimum absolute atomic E-state index is 0.0229. The van der Waals surface area contributed by atoms with E-state index in [1.54, 1.807) is 4.90 Å². The summed E-state index contributed by atoms with van der Waals surface area (Å²) in [5.74, 6) is -0.399. The number of rotatable bonds is 1. The van der Waals surface area contributed by atoms with E-state index in [0.29, 0.717) is 12.8 Å². The Hall–Kier alpha value is -2.60. The summed E-state index contributed by atoms with van der Waals surface area (Å²) >= 11 is 0. The molecule has 2 aromatic rings. The zero-order valence-electron chi connectivity index (χ0n) is 16.1. The number of aromatic amines is 1. The number of carbonyl (C=O) groups is 2. The Kier molecular flexibility index (Phi) is 2.74. The van der Waals surface area contributed by atoms with Gasteiger partial charge in [-0.05, 0) is 31.9 Å². The van der Waals surface area contributed by atoms with Crippen LogP contribution in [0.15, 0.2) is 36.4 Å². The molecule has 1 N–H and O–H groups in total. The van der Waals surface area contributed by atoms with E-state index in [1.807, 2.05) is 32.0 Å². The van der Waals surface area contributed by atoms with Gasteiger partial charge < -0.3 is 19.4 Å². The first kappa shape index (κ1) is 16.4. The zero-order chi connectivity index (χ0) is 19.5. The number of hydrogen-bond donors (Lipinski definition) is 1. The van der Waals surface area contributed by atoms with E-state index in [1.165, 1.54) is 7.11 Å². The number of benzene rings is 1. The Balaban J connectivity index is 1.65. The van der Waals surface area contributed by atoms with Gasteiger partial charge in [0.25, 0.3) is 0 Å². The standard InChI is InChI=1S/C22H22N2O4/c1-20-8-9-22(28-20)17-16-13(12-6-4-5-7-14(12)23-16)10-15(18(25)27-3)24(17)19(26)21(22,2)11-20/h4-9,15,17,23H,10-11H2,1-3H3. The van der Waals surface area contributed by atoms with Crippen molar-refractivity contribution in [3.63, 3.8) is 0 Å². The van der Waals surface area contributed by atoms with Crippen LogP contribution in [0.1, 0.15) is 37.6 Å². The molecule has 0 saturated carbocycles. The number of carbonyl (C=O) groups excluding carboxylic acids is 2. The number of para-hydroxylation sites is 1. The summed E-state index contributed by atoms with van der Waals surface area (Å²) in [5.41, 5.74) is 1.15. The van der Waals surface area contributed by atoms with Gasteiger partial charge in [0.15, 0.2) is 0 Å². The minimum Gasteiger partial charge on any atom is -0.467 e. The number of H-pyrrole nitrogens is 1. The van der Waals surface area contributed by atoms with Crippen molar-refractivity contribution in [3.8, 4) is 0 Å². The van der Waals surface area contributed by atoms with Gasteiger partial charge >= 0.3 is 5.97 Å². The summed E-state index contributed by atoms with van der Waals surface area (Å²) in [6.45, 7) is 4.02. The van der Waals surface area contributed by atoms with Crippen molar-refractivity contribution in [2.75, 3.05) is 7.11 Å². The molecule has 2 fully saturated rings. The normalized spacial score (nSPS) is 40.0. The molecular formula is C22H22N2O4. The van der Waals surface area contributed by atoms with Crippen molar-refractivity contribution in [1.82, 2.24) is 9.88 Å². The summed E-state index contributed by atoms with van der Waals surface area (Å²) in [7, 11) is 1.38. The number of esters is 1. The van der Waals surface area contributed by atoms with Crippen molar-refractivity contribution in [2.24, 2.45) is 5.41 Å². The van der Waals surface area contributed by atoms with Crippen LogP contribution in [0.3, 0.4) is 0 Å². The second-order valence-corrected chi connectivity index (χ2v) is 8.97. The lowest BCUT2D eigenvalue weighted by Crippen LogP contribution is -2.51. The number of fused-ring (bicyclic) bond motifs is 6. The fraction of sp³-hybridized carbons (Fsp3) is 0.455. The Labute approximate surface area is 162 Å². The van der Waals surface area contributed by atoms with Gasteiger partial charge in [-0.3, -0.25) is 4.79 Å². The van der Waals surface area contributed by atoms with Crippen LogP contribution >= 0.6 is 0 Å². The molecule has 6 rings (SSSR count). The number of ether oxygens (including phenoxy) is 2. The summed E-state index contributed by atoms with van der Waals surface area (Å²) in [4.78, 5) is 31.7. The van der Waals surface area contributed by atoms with Crippen molar-refractivity contribution < 1.29 is 19.1 Å². The molecule has 5 atom stereocenters. The summed E-state index contributed by atoms with van der Waals surface area (Å²) < 4.78 is 11.7. The summed E-state index contributed by atoms with van der Waals surface area (Å²) in [5, 5.41) is 1.09. The third-order valence-electron chi connectivity index (χ3n) is 7.37. The Bertz CT molecular complexity index is 1100. The molecule has 2 saturated heterocycles. The van der Waals surface area contributed by atoms with Gasteiger partial charge in [-0.25, -0.2) is 4.79 Å². The molecular weight excluding hydrogens is 356 g/mol. The van der Waals surface area contributed by atoms with Gasteiger partial charge in [-0.1, -0.05) is 30.4 Å². The van der Waals surface area contributed by atoms with Crippen molar-refractivity contribution in [2.45, 2.75) is 50.0 Å². The first-order valence-corrected chi connectivity index (χ1v) is 9.74. The lowest BCUT2D eigenvalue weighted by atomic mass is 9.66. The lowest BCUT2D eigenvalue weighted by molar-refractivity contribution is -0.156. The van der Waals surface area contributed by atoms with E-state index in [0.717, 1.165) is 22.2 Å². The molecule has 5 unspecified atom stereocenters. The van der Waals surface area contributed by atoms with Crippen LogP contribution in [0, 0.1) is 5.41 Å². The Morgan fingerprint density at radius 3 is 2.82 bits per heavy atom. The first-order valence-electron chi connectivity index (χ1n) is 9.74. The van der Waals surface area contributed by atoms with Crippen LogP contribution in [0.2, 0.25) is 0 Å². The van der Waals surface area contributed by atoms with Crippen LogP contribution in [0.5, 0.6) is 0 Å². The number of aromatic nitrogens is 1. The highest BCUT2D eigenvalue weighted by molar-refractivity contribution is 5.96. The molecule has 1 aromatic carbocycles. The SMILES string of the molecule is COC(=O)C1Cc2c([nH]c3ccccc23)C2N1C(=O)C1(C)CC3(C)C=CC21O3. The molecule has 4 aliphatic rings. The van der Waals surface area contributed by atoms with Crippen molar-refractivity contribution in [3.05, 3.63) is 47.7 Å². The van der Waals surface area contributed by atoms with Gasteiger partial charge in [0.2, 0.25) is 5.91 Å². The van der Waals surface area contributed by atoms with Gasteiger partial charge in [-0.2, -0.15) is 0 Å². The monoisotopic (exact) mass is 378 g/mol. The third-order valence-corrected chi connectivity index (χ3v) is 7.37. The van der Waals surface area contributed by atoms with Crippen molar-refractivity contribution >= 4 is 22.8 Å². The van der Waals surface area contributed by atoms with E-state index < -0.39 is 22.7 Å². The molecule has 5 heterocycles. The summed E-state index contributed by atoms with van der Waals surface area (Å²) in [6.07, 6.45) is 5.21. The molecule has 144 valence electrons. The highest BCUT2D eigenvalue weighted by atomic mass is 16.5. The quantitative estimate of drug-likeness (QED) is 0.612. The van der Waals surface area contributed by atoms with Crippen LogP contribution < -0.4 is 0 Å². The van der Waals surface area contributed by atoms with Crippen molar-refractivity contribution in [1.29, 1.82) is 0 Å². The number of methoxy groups -OCH3 is 1. The zero-order valence-corrected chi connectivity index (χ0v) is 16.1. The van der Waals surface area contributed by atoms with Crippen LogP contribution in [-0.2, 0) is 25.5 Å². The molecule has 4 aliphatic heterocycles. The highest BCUT2D eigenvalue weighted by Gasteiger charge is 2.77. The third kappa shape index (κ3) is 1.57. The molecule has 2 bridgehead atoms. The lowest BCUT2D eigenvalue weighted by Gasteiger charge is -2.41. The number of nitrogens with zero attached hydrogens (tertiary/aromatic N) is 1. The molecule has 0 aliphatic carbocycles. The number of nitrogens with one attached hydrogen (secondary N) is 1. The van der Waals surface area contributed by atoms with Gasteiger partial charge in [0, 0.05) is 23.0 Å². The molecule has 1 spiro atoms. The number of hydrogen-bond acceptors (Lipinski definition) is 4. The van der Waals surface area contributed by atoms with Gasteiger partial charge in [0.05, 0.1) is 18.1 Å². The predicted octanol–water partition coefficient (Wildman–Crippen LogP) is 2.64. The van der Waals surface area contributed by atoms with Crippen LogP contribution in [-0.4, -0.2) is 46.1 Å². The minimum atomic E-state index is -0.777. The maximum absolute atomic E-state index is 13.7. The maximum Gasteiger partial charge on any atom is 0.328 e. The van der Waals surface area contributed by atoms with Crippen LogP contribution in [0.25, 0.3) is 10.9 Å². The molecule has 6 heteroatoms. The first-order chi connectivity index (χ1) is 13.3. The Morgan fingerprint density at radius 1 is 1.29 bits per heavy atom. The fourth-order valence-electron chi connectivity index (χ4n) is 6.26. The largest absolute Gasteiger partial charge is 0.467 e. The second-order valence-electron chi connectivity index (χ2n) is 8.97. The highest BCUT2D eigenvalue weighted by Crippen LogP contribution is 2.68. The molecule has 6 nitrogen and oxygen atoms in total. The van der Waals surface area contributed by atoms with E-state index in [-0.39, 0.29) is 17.9 Å². The van der Waals surface area contributed by atoms with E-state index in [9.17, 15) is 9.59 Å². The topological polar surface area (TPSA) is 71.6 Å². The number of amides is 1. The smallest absolute Gasteiger partial charge is 0.328 e. The molecule has 0 radical (unpaired) electrons. The van der Waals surface area contributed by atoms with Crippen LogP contribution in [0.4, 0.5) is 0 Å². The molecule has 28 heavy (non-hydrogen) atoms. The van der Waals surface area contributed by atoms with Gasteiger partial charge in [-0.15, -0.1) is 0 Å². The van der Waals surface area contributed by atoms with Gasteiger partial charge in [0.1, 0.15) is 17.7 Å². The second kappa shape index (κ2) is 4.69. The average molecular weight is 378 g/mol. The molecule has 1 amide bonds. The summed E-state index contributed by atoms with van der Waals surface area (Å²) in [6, 6.07) is 7.06. The van der Waals surface area contributed by atoms with E-state index in [4.69, 9.17) is 9.47 Å². The van der Waals surface area contributed by atoms with E-state index >= 15 is 0 Å². The maximum atomic E-state index is 13.7. The molecule has 1 aromatic heterocycles. The Morgan fingerprint density at radius 2 is 2.07 bits per heavy atom. The van der Waals surface area contributed by atoms with E-state index in [2.05, 4.69) is 23.2 Å². The predicted molar refractivity (Wildman–Crippen MR) is 101 cm³/mol. The average Bonchev–Trinajstić information content (AvgIpc) is 3.34.